The number of carbonyl (C=O) groups is 2. The van der Waals surface area contributed by atoms with Gasteiger partial charge < -0.3 is 19.6 Å². The topological polar surface area (TPSA) is 70.1 Å². The lowest BCUT2D eigenvalue weighted by molar-refractivity contribution is -0.150. The minimum Gasteiger partial charge on any atom is -0.395 e. The largest absolute Gasteiger partial charge is 0.395 e. The molecule has 1 fully saturated rings. The number of anilines is 1. The fourth-order valence-electron chi connectivity index (χ4n) is 5.63. The Morgan fingerprint density at radius 2 is 1.76 bits per heavy atom. The Labute approximate surface area is 231 Å². The summed E-state index contributed by atoms with van der Waals surface area (Å²) in [6, 6.07) is 25.8. The molecule has 192 valence electrons. The Kier molecular flexibility index (Phi) is 7.65. The van der Waals surface area contributed by atoms with Crippen LogP contribution < -0.4 is 4.90 Å². The summed E-state index contributed by atoms with van der Waals surface area (Å²) in [4.78, 5) is 30.9. The van der Waals surface area contributed by atoms with Crippen molar-refractivity contribution >= 4 is 40.1 Å². The van der Waals surface area contributed by atoms with Crippen molar-refractivity contribution in [3.63, 3.8) is 0 Å². The van der Waals surface area contributed by atoms with Gasteiger partial charge in [-0.15, -0.1) is 0 Å². The van der Waals surface area contributed by atoms with E-state index in [1.165, 1.54) is 0 Å². The molecule has 0 bridgehead atoms. The molecule has 0 unspecified atom stereocenters. The van der Waals surface area contributed by atoms with E-state index in [4.69, 9.17) is 4.74 Å². The molecule has 7 heteroatoms. The van der Waals surface area contributed by atoms with Crippen molar-refractivity contribution in [3.05, 3.63) is 99.1 Å². The van der Waals surface area contributed by atoms with E-state index in [2.05, 4.69) is 22.6 Å². The van der Waals surface area contributed by atoms with Gasteiger partial charge in [0.1, 0.15) is 0 Å². The summed E-state index contributed by atoms with van der Waals surface area (Å²) < 4.78 is 7.67. The van der Waals surface area contributed by atoms with Gasteiger partial charge in [0.2, 0.25) is 5.91 Å². The highest BCUT2D eigenvalue weighted by atomic mass is 127. The Hall–Kier alpha value is -2.75. The lowest BCUT2D eigenvalue weighted by atomic mass is 9.83. The number of amides is 2. The van der Waals surface area contributed by atoms with Crippen molar-refractivity contribution in [1.29, 1.82) is 0 Å². The molecule has 2 heterocycles. The number of hydrogen-bond donors (Lipinski definition) is 1. The SMILES string of the molecule is C[C@H]1C[C@@H](CC(=O)N(CCO)Cc2ccccc2)O[C@]12C(=O)N(Cc1ccccc1)c1ccc(I)cc12. The van der Waals surface area contributed by atoms with Crippen LogP contribution in [0.25, 0.3) is 0 Å². The summed E-state index contributed by atoms with van der Waals surface area (Å²) >= 11 is 2.27. The number of nitrogens with zero attached hydrogens (tertiary/aromatic N) is 2. The number of carbonyl (C=O) groups excluding carboxylic acids is 2. The normalized spacial score (nSPS) is 22.5. The molecule has 2 aliphatic heterocycles. The number of benzene rings is 3. The summed E-state index contributed by atoms with van der Waals surface area (Å²) in [5.74, 6) is -0.232. The monoisotopic (exact) mass is 610 g/mol. The molecule has 0 aliphatic carbocycles. The van der Waals surface area contributed by atoms with Crippen LogP contribution in [0.1, 0.15) is 36.5 Å². The van der Waals surface area contributed by atoms with Gasteiger partial charge in [0, 0.05) is 28.1 Å². The van der Waals surface area contributed by atoms with Crippen molar-refractivity contribution in [2.75, 3.05) is 18.1 Å². The number of fused-ring (bicyclic) bond motifs is 2. The predicted octanol–water partition coefficient (Wildman–Crippen LogP) is 4.87. The van der Waals surface area contributed by atoms with E-state index in [-0.39, 0.29) is 43.4 Å². The third-order valence-corrected chi connectivity index (χ3v) is 8.07. The zero-order valence-corrected chi connectivity index (χ0v) is 23.0. The third-order valence-electron chi connectivity index (χ3n) is 7.40. The molecular weight excluding hydrogens is 579 g/mol. The number of halogens is 1. The number of ether oxygens (including phenoxy) is 1. The first-order valence-electron chi connectivity index (χ1n) is 12.7. The Morgan fingerprint density at radius 1 is 1.08 bits per heavy atom. The molecule has 6 nitrogen and oxygen atoms in total. The van der Waals surface area contributed by atoms with Gasteiger partial charge in [-0.1, -0.05) is 67.6 Å². The summed E-state index contributed by atoms with van der Waals surface area (Å²) in [5, 5.41) is 9.58. The van der Waals surface area contributed by atoms with Crippen LogP contribution in [-0.4, -0.2) is 41.1 Å². The average molecular weight is 610 g/mol. The number of aliphatic hydroxyl groups excluding tert-OH is 1. The van der Waals surface area contributed by atoms with Crippen LogP contribution in [0.5, 0.6) is 0 Å². The van der Waals surface area contributed by atoms with Gasteiger partial charge in [-0.05, 0) is 58.3 Å². The molecule has 0 radical (unpaired) electrons. The third kappa shape index (κ3) is 5.04. The average Bonchev–Trinajstić information content (AvgIpc) is 3.34. The van der Waals surface area contributed by atoms with Crippen LogP contribution in [0.4, 0.5) is 5.69 Å². The summed E-state index contributed by atoms with van der Waals surface area (Å²) in [5.41, 5.74) is 2.72. The molecule has 3 aromatic carbocycles. The van der Waals surface area contributed by atoms with Crippen molar-refractivity contribution in [1.82, 2.24) is 4.90 Å². The maximum atomic E-state index is 14.1. The molecule has 1 N–H and O–H groups in total. The summed E-state index contributed by atoms with van der Waals surface area (Å²) in [6.07, 6.45) is 0.398. The summed E-state index contributed by atoms with van der Waals surface area (Å²) in [7, 11) is 0. The number of aliphatic hydroxyl groups is 1. The fraction of sp³-hybridized carbons (Fsp3) is 0.333. The van der Waals surface area contributed by atoms with Gasteiger partial charge in [0.25, 0.3) is 5.91 Å². The van der Waals surface area contributed by atoms with E-state index in [9.17, 15) is 14.7 Å². The molecule has 37 heavy (non-hydrogen) atoms. The molecule has 3 atom stereocenters. The highest BCUT2D eigenvalue weighted by molar-refractivity contribution is 14.1. The van der Waals surface area contributed by atoms with Gasteiger partial charge in [-0.25, -0.2) is 0 Å². The fourth-order valence-corrected chi connectivity index (χ4v) is 6.12. The molecule has 0 saturated carbocycles. The van der Waals surface area contributed by atoms with Crippen molar-refractivity contribution < 1.29 is 19.4 Å². The van der Waals surface area contributed by atoms with E-state index in [0.717, 1.165) is 25.9 Å². The van der Waals surface area contributed by atoms with Gasteiger partial charge in [-0.2, -0.15) is 0 Å². The number of rotatable bonds is 8. The van der Waals surface area contributed by atoms with Gasteiger partial charge in [-0.3, -0.25) is 9.59 Å². The molecule has 0 aromatic heterocycles. The van der Waals surface area contributed by atoms with Crippen LogP contribution >= 0.6 is 22.6 Å². The predicted molar refractivity (Wildman–Crippen MR) is 151 cm³/mol. The van der Waals surface area contributed by atoms with E-state index < -0.39 is 5.60 Å². The maximum Gasteiger partial charge on any atom is 0.264 e. The second kappa shape index (κ2) is 10.9. The van der Waals surface area contributed by atoms with E-state index in [1.807, 2.05) is 90.7 Å². The first-order chi connectivity index (χ1) is 17.9. The smallest absolute Gasteiger partial charge is 0.264 e. The standard InChI is InChI=1S/C30H31IN2O4/c1-21-16-25(18-28(35)32(14-15-34)19-22-8-4-2-5-9-22)37-30(21)26-17-24(31)12-13-27(26)33(29(30)36)20-23-10-6-3-7-11-23/h2-13,17,21,25,34H,14-16,18-20H2,1H3/t21-,25-,30+/m0/s1. The minimum absolute atomic E-state index is 0.0627. The first-order valence-corrected chi connectivity index (χ1v) is 13.8. The van der Waals surface area contributed by atoms with Crippen molar-refractivity contribution in [2.45, 2.75) is 44.6 Å². The molecule has 1 spiro atoms. The van der Waals surface area contributed by atoms with Gasteiger partial charge in [0.15, 0.2) is 5.60 Å². The molecule has 2 amide bonds. The van der Waals surface area contributed by atoms with Crippen molar-refractivity contribution in [3.8, 4) is 0 Å². The quantitative estimate of drug-likeness (QED) is 0.370. The van der Waals surface area contributed by atoms with E-state index in [1.54, 1.807) is 4.90 Å². The second-order valence-corrected chi connectivity index (χ2v) is 11.1. The highest BCUT2D eigenvalue weighted by Gasteiger charge is 2.60. The molecule has 2 aliphatic rings. The zero-order valence-electron chi connectivity index (χ0n) is 20.8. The van der Waals surface area contributed by atoms with Gasteiger partial charge >= 0.3 is 0 Å². The molecule has 3 aromatic rings. The van der Waals surface area contributed by atoms with Crippen LogP contribution in [0.3, 0.4) is 0 Å². The maximum absolute atomic E-state index is 14.1. The van der Waals surface area contributed by atoms with Gasteiger partial charge in [0.05, 0.1) is 31.4 Å². The van der Waals surface area contributed by atoms with E-state index >= 15 is 0 Å². The Morgan fingerprint density at radius 3 is 2.43 bits per heavy atom. The number of hydrogen-bond acceptors (Lipinski definition) is 4. The highest BCUT2D eigenvalue weighted by Crippen LogP contribution is 2.54. The molecule has 1 saturated heterocycles. The zero-order chi connectivity index (χ0) is 26.0. The van der Waals surface area contributed by atoms with Crippen LogP contribution in [-0.2, 0) is 33.0 Å². The van der Waals surface area contributed by atoms with Crippen molar-refractivity contribution in [2.24, 2.45) is 5.92 Å². The Bertz CT molecular complexity index is 1270. The minimum atomic E-state index is -1.10. The molecular formula is C30H31IN2O4. The lowest BCUT2D eigenvalue weighted by Crippen LogP contribution is -2.44. The second-order valence-electron chi connectivity index (χ2n) is 9.88. The van der Waals surface area contributed by atoms with Crippen LogP contribution in [0.2, 0.25) is 0 Å². The van der Waals surface area contributed by atoms with E-state index in [0.29, 0.717) is 19.5 Å². The Balaban J connectivity index is 1.39. The lowest BCUT2D eigenvalue weighted by Gasteiger charge is -2.29. The molecule has 5 rings (SSSR count). The van der Waals surface area contributed by atoms with Crippen LogP contribution in [0, 0.1) is 9.49 Å². The first kappa shape index (κ1) is 25.9. The summed E-state index contributed by atoms with van der Waals surface area (Å²) in [6.45, 7) is 3.09. The van der Waals surface area contributed by atoms with Crippen LogP contribution in [0.15, 0.2) is 78.9 Å².